The molecule has 1 saturated heterocycles. The third-order valence-electron chi connectivity index (χ3n) is 5.09. The van der Waals surface area contributed by atoms with Gasteiger partial charge in [-0.25, -0.2) is 0 Å². The minimum atomic E-state index is -0.0724. The van der Waals surface area contributed by atoms with Crippen LogP contribution in [-0.4, -0.2) is 28.0 Å². The van der Waals surface area contributed by atoms with Crippen molar-refractivity contribution in [1.29, 1.82) is 0 Å². The number of rotatable bonds is 2. The maximum Gasteiger partial charge on any atom is 0.255 e. The molecule has 2 aliphatic rings. The molecule has 0 spiro atoms. The highest BCUT2D eigenvalue weighted by atomic mass is 16.2. The largest absolute Gasteiger partial charge is 0.335 e. The molecule has 4 heteroatoms. The SMILES string of the molecule is Cn1cc(C(=O)N2CCC[C@@H]2C2CCCCC2)ccc1=O. The van der Waals surface area contributed by atoms with Crippen LogP contribution >= 0.6 is 0 Å². The Bertz CT molecular complexity index is 572. The van der Waals surface area contributed by atoms with Crippen LogP contribution in [0.3, 0.4) is 0 Å². The second-order valence-electron chi connectivity index (χ2n) is 6.47. The summed E-state index contributed by atoms with van der Waals surface area (Å²) in [6.07, 6.45) is 10.4. The van der Waals surface area contributed by atoms with Crippen molar-refractivity contribution in [2.45, 2.75) is 51.0 Å². The summed E-state index contributed by atoms with van der Waals surface area (Å²) in [5.74, 6) is 0.774. The Hall–Kier alpha value is -1.58. The summed E-state index contributed by atoms with van der Waals surface area (Å²) in [4.78, 5) is 26.3. The van der Waals surface area contributed by atoms with Crippen LogP contribution in [0.4, 0.5) is 0 Å². The van der Waals surface area contributed by atoms with Crippen molar-refractivity contribution in [3.8, 4) is 0 Å². The minimum absolute atomic E-state index is 0.0724. The summed E-state index contributed by atoms with van der Waals surface area (Å²) in [6.45, 7) is 0.864. The topological polar surface area (TPSA) is 42.3 Å². The Labute approximate surface area is 125 Å². The molecule has 2 heterocycles. The first-order valence-electron chi connectivity index (χ1n) is 8.14. The molecule has 21 heavy (non-hydrogen) atoms. The molecule has 1 aromatic rings. The first kappa shape index (κ1) is 14.4. The normalized spacial score (nSPS) is 23.5. The molecule has 114 valence electrons. The zero-order valence-electron chi connectivity index (χ0n) is 12.8. The quantitative estimate of drug-likeness (QED) is 0.839. The standard InChI is InChI=1S/C17H24N2O2/c1-18-12-14(9-10-16(18)20)17(21)19-11-5-8-15(19)13-6-3-2-4-7-13/h9-10,12-13,15H,2-8,11H2,1H3/t15-/m1/s1. The van der Waals surface area contributed by atoms with Gasteiger partial charge in [-0.3, -0.25) is 9.59 Å². The van der Waals surface area contributed by atoms with Gasteiger partial charge in [0.05, 0.1) is 5.56 Å². The Balaban J connectivity index is 1.78. The van der Waals surface area contributed by atoms with Gasteiger partial charge in [0.15, 0.2) is 0 Å². The molecule has 0 bridgehead atoms. The molecule has 0 radical (unpaired) electrons. The molecule has 1 aromatic heterocycles. The summed E-state index contributed by atoms with van der Waals surface area (Å²) >= 11 is 0. The van der Waals surface area contributed by atoms with Crippen LogP contribution in [0.2, 0.25) is 0 Å². The van der Waals surface area contributed by atoms with E-state index >= 15 is 0 Å². The Morgan fingerprint density at radius 2 is 1.86 bits per heavy atom. The number of pyridine rings is 1. The van der Waals surface area contributed by atoms with Gasteiger partial charge in [-0.05, 0) is 37.7 Å². The minimum Gasteiger partial charge on any atom is -0.335 e. The number of aryl methyl sites for hydroxylation is 1. The van der Waals surface area contributed by atoms with E-state index in [2.05, 4.69) is 4.90 Å². The summed E-state index contributed by atoms with van der Waals surface area (Å²) < 4.78 is 1.49. The molecule has 1 amide bonds. The molecule has 2 fully saturated rings. The number of hydrogen-bond acceptors (Lipinski definition) is 2. The predicted octanol–water partition coefficient (Wildman–Crippen LogP) is 2.57. The molecular formula is C17H24N2O2. The van der Waals surface area contributed by atoms with E-state index in [1.165, 1.54) is 42.7 Å². The van der Waals surface area contributed by atoms with Crippen LogP contribution < -0.4 is 5.56 Å². The van der Waals surface area contributed by atoms with Gasteiger partial charge in [-0.2, -0.15) is 0 Å². The molecule has 1 aliphatic heterocycles. The fraction of sp³-hybridized carbons (Fsp3) is 0.647. The predicted molar refractivity (Wildman–Crippen MR) is 82.3 cm³/mol. The number of carbonyl (C=O) groups is 1. The van der Waals surface area contributed by atoms with Crippen LogP contribution in [0, 0.1) is 5.92 Å². The summed E-state index contributed by atoms with van der Waals surface area (Å²) in [7, 11) is 1.70. The first-order chi connectivity index (χ1) is 10.2. The molecular weight excluding hydrogens is 264 g/mol. The molecule has 1 saturated carbocycles. The van der Waals surface area contributed by atoms with Crippen LogP contribution in [0.1, 0.15) is 55.3 Å². The van der Waals surface area contributed by atoms with Gasteiger partial charge in [0, 0.05) is 31.9 Å². The van der Waals surface area contributed by atoms with Crippen LogP contribution in [0.5, 0.6) is 0 Å². The summed E-state index contributed by atoms with van der Waals surface area (Å²) in [5.41, 5.74) is 0.566. The van der Waals surface area contributed by atoms with Gasteiger partial charge < -0.3 is 9.47 Å². The molecule has 0 N–H and O–H groups in total. The lowest BCUT2D eigenvalue weighted by atomic mass is 9.83. The molecule has 0 aromatic carbocycles. The van der Waals surface area contributed by atoms with Gasteiger partial charge in [0.25, 0.3) is 5.91 Å². The first-order valence-corrected chi connectivity index (χ1v) is 8.14. The maximum atomic E-state index is 12.8. The maximum absolute atomic E-state index is 12.8. The molecule has 1 atom stereocenters. The lowest BCUT2D eigenvalue weighted by molar-refractivity contribution is 0.0660. The molecule has 0 unspecified atom stereocenters. The van der Waals surface area contributed by atoms with Gasteiger partial charge in [-0.1, -0.05) is 19.3 Å². The summed E-state index contributed by atoms with van der Waals surface area (Å²) in [6, 6.07) is 3.56. The second-order valence-corrected chi connectivity index (χ2v) is 6.47. The van der Waals surface area contributed by atoms with E-state index < -0.39 is 0 Å². The van der Waals surface area contributed by atoms with Crippen LogP contribution in [-0.2, 0) is 7.05 Å². The van der Waals surface area contributed by atoms with Crippen molar-refractivity contribution in [3.05, 3.63) is 34.2 Å². The number of likely N-dealkylation sites (tertiary alicyclic amines) is 1. The number of aromatic nitrogens is 1. The lowest BCUT2D eigenvalue weighted by Crippen LogP contribution is -2.41. The lowest BCUT2D eigenvalue weighted by Gasteiger charge is -2.34. The smallest absolute Gasteiger partial charge is 0.255 e. The Morgan fingerprint density at radius 1 is 1.10 bits per heavy atom. The zero-order valence-corrected chi connectivity index (χ0v) is 12.8. The average molecular weight is 288 g/mol. The highest BCUT2D eigenvalue weighted by molar-refractivity contribution is 5.94. The highest BCUT2D eigenvalue weighted by Gasteiger charge is 2.35. The van der Waals surface area contributed by atoms with E-state index in [9.17, 15) is 9.59 Å². The molecule has 1 aliphatic carbocycles. The molecule has 4 nitrogen and oxygen atoms in total. The highest BCUT2D eigenvalue weighted by Crippen LogP contribution is 2.34. The zero-order chi connectivity index (χ0) is 14.8. The van der Waals surface area contributed by atoms with Crippen molar-refractivity contribution in [2.75, 3.05) is 6.54 Å². The van der Waals surface area contributed by atoms with Crippen molar-refractivity contribution in [3.63, 3.8) is 0 Å². The van der Waals surface area contributed by atoms with Crippen molar-refractivity contribution in [2.24, 2.45) is 13.0 Å². The molecule has 3 rings (SSSR count). The number of amides is 1. The van der Waals surface area contributed by atoms with E-state index in [-0.39, 0.29) is 11.5 Å². The van der Waals surface area contributed by atoms with E-state index in [1.807, 2.05) is 0 Å². The van der Waals surface area contributed by atoms with Gasteiger partial charge in [0.1, 0.15) is 0 Å². The fourth-order valence-corrected chi connectivity index (χ4v) is 3.94. The van der Waals surface area contributed by atoms with Crippen molar-refractivity contribution >= 4 is 5.91 Å². The fourth-order valence-electron chi connectivity index (χ4n) is 3.94. The van der Waals surface area contributed by atoms with Crippen LogP contribution in [0.25, 0.3) is 0 Å². The third-order valence-corrected chi connectivity index (χ3v) is 5.09. The van der Waals surface area contributed by atoms with Gasteiger partial charge >= 0.3 is 0 Å². The number of carbonyl (C=O) groups excluding carboxylic acids is 1. The van der Waals surface area contributed by atoms with E-state index in [4.69, 9.17) is 0 Å². The Kier molecular flexibility index (Phi) is 4.13. The van der Waals surface area contributed by atoms with Crippen LogP contribution in [0.15, 0.2) is 23.1 Å². The van der Waals surface area contributed by atoms with E-state index in [1.54, 1.807) is 19.3 Å². The monoisotopic (exact) mass is 288 g/mol. The Morgan fingerprint density at radius 3 is 2.57 bits per heavy atom. The average Bonchev–Trinajstić information content (AvgIpc) is 2.99. The number of nitrogens with zero attached hydrogens (tertiary/aromatic N) is 2. The number of hydrogen-bond donors (Lipinski definition) is 0. The summed E-state index contributed by atoms with van der Waals surface area (Å²) in [5, 5.41) is 0. The second kappa shape index (κ2) is 6.04. The van der Waals surface area contributed by atoms with Crippen molar-refractivity contribution in [1.82, 2.24) is 9.47 Å². The van der Waals surface area contributed by atoms with E-state index in [0.717, 1.165) is 19.4 Å². The van der Waals surface area contributed by atoms with Gasteiger partial charge in [0.2, 0.25) is 5.56 Å². The van der Waals surface area contributed by atoms with Crippen molar-refractivity contribution < 1.29 is 4.79 Å². The van der Waals surface area contributed by atoms with Gasteiger partial charge in [-0.15, -0.1) is 0 Å². The van der Waals surface area contributed by atoms with E-state index in [0.29, 0.717) is 17.5 Å². The third kappa shape index (κ3) is 2.89.